The highest BCUT2D eigenvalue weighted by molar-refractivity contribution is 5.78. The van der Waals surface area contributed by atoms with Gasteiger partial charge in [0.15, 0.2) is 0 Å². The third-order valence-electron chi connectivity index (χ3n) is 2.59. The molecule has 13 heavy (non-hydrogen) atoms. The molecule has 0 aromatic carbocycles. The SMILES string of the molecule is CC[C@@H](C)C(=O)NC[C@@H]1CCCO1. The van der Waals surface area contributed by atoms with E-state index in [0.29, 0.717) is 6.54 Å². The first-order valence-electron chi connectivity index (χ1n) is 5.13. The highest BCUT2D eigenvalue weighted by Crippen LogP contribution is 2.10. The summed E-state index contributed by atoms with van der Waals surface area (Å²) in [6.45, 7) is 5.51. The maximum Gasteiger partial charge on any atom is 0.222 e. The fourth-order valence-corrected chi connectivity index (χ4v) is 1.38. The van der Waals surface area contributed by atoms with Crippen molar-refractivity contribution in [3.63, 3.8) is 0 Å². The Kier molecular flexibility index (Phi) is 4.22. The maximum atomic E-state index is 11.4. The zero-order valence-electron chi connectivity index (χ0n) is 8.51. The van der Waals surface area contributed by atoms with Gasteiger partial charge in [-0.15, -0.1) is 0 Å². The number of nitrogens with one attached hydrogen (secondary N) is 1. The molecule has 1 saturated heterocycles. The quantitative estimate of drug-likeness (QED) is 0.717. The molecule has 1 fully saturated rings. The number of hydrogen-bond donors (Lipinski definition) is 1. The lowest BCUT2D eigenvalue weighted by Gasteiger charge is -2.13. The Bertz CT molecular complexity index is 164. The van der Waals surface area contributed by atoms with Gasteiger partial charge in [-0.05, 0) is 19.3 Å². The van der Waals surface area contributed by atoms with Crippen LogP contribution in [0.5, 0.6) is 0 Å². The van der Waals surface area contributed by atoms with Crippen LogP contribution in [0.15, 0.2) is 0 Å². The average Bonchev–Trinajstić information content (AvgIpc) is 2.65. The molecule has 1 heterocycles. The molecule has 0 radical (unpaired) electrons. The van der Waals surface area contributed by atoms with Crippen molar-refractivity contribution in [2.75, 3.05) is 13.2 Å². The van der Waals surface area contributed by atoms with Crippen LogP contribution >= 0.6 is 0 Å². The fourth-order valence-electron chi connectivity index (χ4n) is 1.38. The predicted molar refractivity (Wildman–Crippen MR) is 51.4 cm³/mol. The van der Waals surface area contributed by atoms with Crippen molar-refractivity contribution in [1.82, 2.24) is 5.32 Å². The van der Waals surface area contributed by atoms with Crippen LogP contribution in [0.25, 0.3) is 0 Å². The summed E-state index contributed by atoms with van der Waals surface area (Å²) in [7, 11) is 0. The minimum atomic E-state index is 0.126. The molecule has 1 amide bonds. The highest BCUT2D eigenvalue weighted by Gasteiger charge is 2.17. The summed E-state index contributed by atoms with van der Waals surface area (Å²) in [4.78, 5) is 11.4. The van der Waals surface area contributed by atoms with Crippen LogP contribution in [0.4, 0.5) is 0 Å². The Morgan fingerprint density at radius 3 is 3.00 bits per heavy atom. The predicted octanol–water partition coefficient (Wildman–Crippen LogP) is 1.33. The second kappa shape index (κ2) is 5.22. The van der Waals surface area contributed by atoms with Gasteiger partial charge in [0.25, 0.3) is 0 Å². The van der Waals surface area contributed by atoms with Crippen LogP contribution in [0.3, 0.4) is 0 Å². The first kappa shape index (κ1) is 10.5. The molecule has 1 N–H and O–H groups in total. The molecular weight excluding hydrogens is 166 g/mol. The maximum absolute atomic E-state index is 11.4. The Morgan fingerprint density at radius 1 is 1.69 bits per heavy atom. The van der Waals surface area contributed by atoms with E-state index in [1.807, 2.05) is 13.8 Å². The highest BCUT2D eigenvalue weighted by atomic mass is 16.5. The van der Waals surface area contributed by atoms with Crippen LogP contribution < -0.4 is 5.32 Å². The number of rotatable bonds is 4. The van der Waals surface area contributed by atoms with Crippen molar-refractivity contribution in [2.45, 2.75) is 39.2 Å². The summed E-state index contributed by atoms with van der Waals surface area (Å²) in [5.41, 5.74) is 0. The van der Waals surface area contributed by atoms with E-state index >= 15 is 0 Å². The summed E-state index contributed by atoms with van der Waals surface area (Å²) in [5.74, 6) is 0.277. The van der Waals surface area contributed by atoms with E-state index in [9.17, 15) is 4.79 Å². The Labute approximate surface area is 79.8 Å². The summed E-state index contributed by atoms with van der Waals surface area (Å²) in [6, 6.07) is 0. The van der Waals surface area contributed by atoms with Gasteiger partial charge in [0.2, 0.25) is 5.91 Å². The monoisotopic (exact) mass is 185 g/mol. The third-order valence-corrected chi connectivity index (χ3v) is 2.59. The van der Waals surface area contributed by atoms with Gasteiger partial charge in [-0.3, -0.25) is 4.79 Å². The van der Waals surface area contributed by atoms with E-state index < -0.39 is 0 Å². The van der Waals surface area contributed by atoms with Gasteiger partial charge >= 0.3 is 0 Å². The first-order chi connectivity index (χ1) is 6.24. The molecule has 1 aliphatic rings. The molecule has 0 bridgehead atoms. The molecule has 76 valence electrons. The fraction of sp³-hybridized carbons (Fsp3) is 0.900. The smallest absolute Gasteiger partial charge is 0.222 e. The largest absolute Gasteiger partial charge is 0.376 e. The number of carbonyl (C=O) groups is 1. The normalized spacial score (nSPS) is 24.3. The van der Waals surface area contributed by atoms with E-state index in [1.165, 1.54) is 0 Å². The number of carbonyl (C=O) groups excluding carboxylic acids is 1. The topological polar surface area (TPSA) is 38.3 Å². The Balaban J connectivity index is 2.13. The summed E-state index contributed by atoms with van der Waals surface area (Å²) in [5, 5.41) is 2.91. The van der Waals surface area contributed by atoms with Crippen molar-refractivity contribution in [3.8, 4) is 0 Å². The van der Waals surface area contributed by atoms with E-state index in [1.54, 1.807) is 0 Å². The van der Waals surface area contributed by atoms with E-state index in [-0.39, 0.29) is 17.9 Å². The lowest BCUT2D eigenvalue weighted by molar-refractivity contribution is -0.125. The molecule has 3 heteroatoms. The molecule has 0 aromatic rings. The zero-order valence-corrected chi connectivity index (χ0v) is 8.51. The molecule has 1 rings (SSSR count). The van der Waals surface area contributed by atoms with E-state index in [4.69, 9.17) is 4.74 Å². The average molecular weight is 185 g/mol. The van der Waals surface area contributed by atoms with E-state index in [2.05, 4.69) is 5.32 Å². The van der Waals surface area contributed by atoms with Crippen LogP contribution in [0.1, 0.15) is 33.1 Å². The third kappa shape index (κ3) is 3.35. The molecule has 0 aliphatic carbocycles. The van der Waals surface area contributed by atoms with Crippen LogP contribution in [0, 0.1) is 5.92 Å². The molecule has 3 nitrogen and oxygen atoms in total. The van der Waals surface area contributed by atoms with Crippen molar-refractivity contribution in [1.29, 1.82) is 0 Å². The minimum Gasteiger partial charge on any atom is -0.376 e. The molecule has 0 saturated carbocycles. The van der Waals surface area contributed by atoms with Crippen LogP contribution in [-0.2, 0) is 9.53 Å². The molecular formula is C10H19NO2. The van der Waals surface area contributed by atoms with Crippen molar-refractivity contribution in [3.05, 3.63) is 0 Å². The summed E-state index contributed by atoms with van der Waals surface area (Å²) < 4.78 is 5.40. The van der Waals surface area contributed by atoms with Crippen molar-refractivity contribution in [2.24, 2.45) is 5.92 Å². The van der Waals surface area contributed by atoms with E-state index in [0.717, 1.165) is 25.9 Å². The molecule has 0 spiro atoms. The van der Waals surface area contributed by atoms with Gasteiger partial charge in [-0.2, -0.15) is 0 Å². The molecule has 2 atom stereocenters. The van der Waals surface area contributed by atoms with Gasteiger partial charge in [0.1, 0.15) is 0 Å². The second-order valence-electron chi connectivity index (χ2n) is 3.69. The first-order valence-corrected chi connectivity index (χ1v) is 5.13. The van der Waals surface area contributed by atoms with Crippen molar-refractivity contribution < 1.29 is 9.53 Å². The van der Waals surface area contributed by atoms with Crippen molar-refractivity contribution >= 4 is 5.91 Å². The summed E-state index contributed by atoms with van der Waals surface area (Å²) >= 11 is 0. The minimum absolute atomic E-state index is 0.126. The van der Waals surface area contributed by atoms with Gasteiger partial charge in [0, 0.05) is 19.1 Å². The van der Waals surface area contributed by atoms with Gasteiger partial charge in [0.05, 0.1) is 6.10 Å². The lowest BCUT2D eigenvalue weighted by atomic mass is 10.1. The summed E-state index contributed by atoms with van der Waals surface area (Å²) in [6.07, 6.45) is 3.37. The molecule has 0 unspecified atom stereocenters. The number of ether oxygens (including phenoxy) is 1. The van der Waals surface area contributed by atoms with Gasteiger partial charge in [-0.1, -0.05) is 13.8 Å². The Morgan fingerprint density at radius 2 is 2.46 bits per heavy atom. The number of hydrogen-bond acceptors (Lipinski definition) is 2. The van der Waals surface area contributed by atoms with Crippen LogP contribution in [-0.4, -0.2) is 25.2 Å². The van der Waals surface area contributed by atoms with Gasteiger partial charge < -0.3 is 10.1 Å². The lowest BCUT2D eigenvalue weighted by Crippen LogP contribution is -2.35. The number of amides is 1. The van der Waals surface area contributed by atoms with Crippen LogP contribution in [0.2, 0.25) is 0 Å². The zero-order chi connectivity index (χ0) is 9.68. The molecule has 0 aromatic heterocycles. The second-order valence-corrected chi connectivity index (χ2v) is 3.69. The van der Waals surface area contributed by atoms with Gasteiger partial charge in [-0.25, -0.2) is 0 Å². The Hall–Kier alpha value is -0.570. The molecule has 1 aliphatic heterocycles. The standard InChI is InChI=1S/C10H19NO2/c1-3-8(2)10(12)11-7-9-5-4-6-13-9/h8-9H,3-7H2,1-2H3,(H,11,12)/t8-,9+/m1/s1.